The number of allylic oxidation sites excluding steroid dienone is 2. The molecule has 1 aromatic carbocycles. The molecule has 1 aliphatic heterocycles. The van der Waals surface area contributed by atoms with Crippen molar-refractivity contribution in [3.8, 4) is 0 Å². The molecule has 10 atom stereocenters. The molecule has 230 valence electrons. The highest BCUT2D eigenvalue weighted by atomic mass is 19.1. The minimum absolute atomic E-state index is 0.0268. The highest BCUT2D eigenvalue weighted by molar-refractivity contribution is 5.91. The minimum Gasteiger partial charge on any atom is -0.465 e. The van der Waals surface area contributed by atoms with Crippen LogP contribution in [0.4, 0.5) is 4.39 Å². The number of methoxy groups -OCH3 is 1. The van der Waals surface area contributed by atoms with E-state index in [-0.39, 0.29) is 38.4 Å². The fourth-order valence-corrected chi connectivity index (χ4v) is 12.7. The lowest BCUT2D eigenvalue weighted by Crippen LogP contribution is -2.67. The van der Waals surface area contributed by atoms with Crippen LogP contribution in [0.5, 0.6) is 0 Å². The van der Waals surface area contributed by atoms with Crippen LogP contribution < -0.4 is 5.32 Å². The zero-order valence-electron chi connectivity index (χ0n) is 26.7. The third-order valence-electron chi connectivity index (χ3n) is 15.0. The molecule has 6 heteroatoms. The zero-order chi connectivity index (χ0) is 30.8. The first-order valence-corrected chi connectivity index (χ1v) is 16.4. The van der Waals surface area contributed by atoms with Gasteiger partial charge >= 0.3 is 5.97 Å². The summed E-state index contributed by atoms with van der Waals surface area (Å²) in [5, 5.41) is 4.04. The summed E-state index contributed by atoms with van der Waals surface area (Å²) < 4.78 is 19.8. The number of hydrogen-bond acceptors (Lipinski definition) is 5. The van der Waals surface area contributed by atoms with E-state index in [2.05, 4.69) is 57.6 Å². The first-order chi connectivity index (χ1) is 20.3. The molecule has 5 aliphatic carbocycles. The molecule has 4 saturated carbocycles. The van der Waals surface area contributed by atoms with E-state index in [1.165, 1.54) is 31.6 Å². The van der Waals surface area contributed by atoms with Crippen molar-refractivity contribution >= 4 is 17.6 Å². The molecule has 7 rings (SSSR count). The Morgan fingerprint density at radius 3 is 2.47 bits per heavy atom. The molecule has 6 aliphatic rings. The van der Waals surface area contributed by atoms with Crippen LogP contribution >= 0.6 is 0 Å². The summed E-state index contributed by atoms with van der Waals surface area (Å²) in [5.41, 5.74) is 3.05. The predicted molar refractivity (Wildman–Crippen MR) is 165 cm³/mol. The Labute approximate surface area is 255 Å². The quantitative estimate of drug-likeness (QED) is 0.128. The van der Waals surface area contributed by atoms with E-state index in [4.69, 9.17) is 4.74 Å². The molecular formula is C37H47FN2O3. The average Bonchev–Trinajstić information content (AvgIpc) is 3.43. The molecule has 1 N–H and O–H groups in total. The molecule has 0 bridgehead atoms. The maximum atomic E-state index is 15.1. The predicted octanol–water partition coefficient (Wildman–Crippen LogP) is 7.81. The molecule has 1 heterocycles. The van der Waals surface area contributed by atoms with Gasteiger partial charge in [-0.05, 0) is 135 Å². The van der Waals surface area contributed by atoms with Crippen molar-refractivity contribution in [1.82, 2.24) is 5.32 Å². The SMILES string of the molecule is C=C(C)[C@@H]1CC[C@]2(N=C=O)CC[C@]3(C)[C@H](CC[C@H]4[C@@]3(C)CC[C@@]35NC3(C)C(c3ccc(C(=O)OC)c(F)c3)=CC[C@]45C)[C@@H]12. The van der Waals surface area contributed by atoms with Crippen molar-refractivity contribution in [1.29, 1.82) is 0 Å². The highest BCUT2D eigenvalue weighted by Crippen LogP contribution is 2.79. The van der Waals surface area contributed by atoms with Crippen molar-refractivity contribution in [2.45, 2.75) is 109 Å². The Bertz CT molecular complexity index is 1510. The van der Waals surface area contributed by atoms with Gasteiger partial charge in [0.15, 0.2) is 0 Å². The van der Waals surface area contributed by atoms with Crippen LogP contribution in [0.25, 0.3) is 5.57 Å². The van der Waals surface area contributed by atoms with Gasteiger partial charge in [-0.25, -0.2) is 14.0 Å². The van der Waals surface area contributed by atoms with Gasteiger partial charge < -0.3 is 4.74 Å². The smallest absolute Gasteiger partial charge is 0.340 e. The lowest BCUT2D eigenvalue weighted by Gasteiger charge is -2.71. The molecule has 5 fully saturated rings. The maximum Gasteiger partial charge on any atom is 0.340 e. The minimum atomic E-state index is -0.651. The topological polar surface area (TPSA) is 77.7 Å². The van der Waals surface area contributed by atoms with Crippen LogP contribution in [-0.4, -0.2) is 35.8 Å². The number of carbonyl (C=O) groups excluding carboxylic acids is 2. The summed E-state index contributed by atoms with van der Waals surface area (Å²) in [6.45, 7) is 16.6. The second-order valence-electron chi connectivity index (χ2n) is 16.0. The van der Waals surface area contributed by atoms with Crippen molar-refractivity contribution in [3.05, 3.63) is 53.4 Å². The second-order valence-corrected chi connectivity index (χ2v) is 16.0. The van der Waals surface area contributed by atoms with Gasteiger partial charge in [0, 0.05) is 5.54 Å². The molecular weight excluding hydrogens is 539 g/mol. The lowest BCUT2D eigenvalue weighted by molar-refractivity contribution is -0.204. The normalized spacial score (nSPS) is 47.4. The number of nitrogens with zero attached hydrogens (tertiary/aromatic N) is 1. The van der Waals surface area contributed by atoms with E-state index < -0.39 is 11.8 Å². The number of fused-ring (bicyclic) bond motifs is 6. The van der Waals surface area contributed by atoms with Crippen LogP contribution in [0.1, 0.15) is 108 Å². The molecule has 0 amide bonds. The first kappa shape index (κ1) is 29.2. The van der Waals surface area contributed by atoms with E-state index in [0.29, 0.717) is 23.7 Å². The molecule has 1 unspecified atom stereocenters. The third kappa shape index (κ3) is 3.35. The second kappa shape index (κ2) is 9.01. The van der Waals surface area contributed by atoms with Crippen LogP contribution in [0.15, 0.2) is 41.4 Å². The fourth-order valence-electron chi connectivity index (χ4n) is 12.7. The highest BCUT2D eigenvalue weighted by Gasteiger charge is 2.81. The van der Waals surface area contributed by atoms with Gasteiger partial charge in [-0.2, -0.15) is 4.99 Å². The summed E-state index contributed by atoms with van der Waals surface area (Å²) >= 11 is 0. The number of nitrogens with one attached hydrogen (secondary N) is 1. The van der Waals surface area contributed by atoms with Gasteiger partial charge in [-0.15, -0.1) is 0 Å². The van der Waals surface area contributed by atoms with Gasteiger partial charge in [0.25, 0.3) is 0 Å². The summed E-state index contributed by atoms with van der Waals surface area (Å²) in [6.07, 6.45) is 14.0. The number of isocyanates is 1. The molecule has 0 aromatic heterocycles. The number of carbonyl (C=O) groups is 1. The van der Waals surface area contributed by atoms with Crippen molar-refractivity contribution in [3.63, 3.8) is 0 Å². The van der Waals surface area contributed by atoms with Gasteiger partial charge in [0.2, 0.25) is 6.08 Å². The summed E-state index contributed by atoms with van der Waals surface area (Å²) in [5.74, 6) is 0.677. The van der Waals surface area contributed by atoms with E-state index in [0.717, 1.165) is 56.1 Å². The van der Waals surface area contributed by atoms with Gasteiger partial charge in [0.05, 0.1) is 23.8 Å². The molecule has 43 heavy (non-hydrogen) atoms. The van der Waals surface area contributed by atoms with Gasteiger partial charge in [-0.1, -0.05) is 45.1 Å². The van der Waals surface area contributed by atoms with E-state index in [1.807, 2.05) is 12.1 Å². The fraction of sp³-hybridized carbons (Fsp3) is 0.676. The maximum absolute atomic E-state index is 15.1. The van der Waals surface area contributed by atoms with Crippen LogP contribution in [0, 0.1) is 45.7 Å². The van der Waals surface area contributed by atoms with Crippen LogP contribution in [0.3, 0.4) is 0 Å². The zero-order valence-corrected chi connectivity index (χ0v) is 26.7. The summed E-state index contributed by atoms with van der Waals surface area (Å²) in [7, 11) is 1.28. The Hall–Kier alpha value is -2.56. The Balaban J connectivity index is 1.25. The van der Waals surface area contributed by atoms with E-state index >= 15 is 4.39 Å². The monoisotopic (exact) mass is 586 g/mol. The largest absolute Gasteiger partial charge is 0.465 e. The first-order valence-electron chi connectivity index (χ1n) is 16.4. The van der Waals surface area contributed by atoms with Gasteiger partial charge in [0.1, 0.15) is 5.82 Å². The van der Waals surface area contributed by atoms with Crippen molar-refractivity contribution < 1.29 is 18.7 Å². The molecule has 5 nitrogen and oxygen atoms in total. The number of ether oxygens (including phenoxy) is 1. The Morgan fingerprint density at radius 2 is 1.79 bits per heavy atom. The van der Waals surface area contributed by atoms with Crippen LogP contribution in [-0.2, 0) is 9.53 Å². The Morgan fingerprint density at radius 1 is 1.05 bits per heavy atom. The molecule has 1 saturated heterocycles. The number of aliphatic imine (C=N–C) groups is 1. The number of halogens is 1. The number of rotatable bonds is 4. The van der Waals surface area contributed by atoms with Crippen molar-refractivity contribution in [2.24, 2.45) is 44.9 Å². The van der Waals surface area contributed by atoms with E-state index in [1.54, 1.807) is 6.07 Å². The van der Waals surface area contributed by atoms with Gasteiger partial charge in [-0.3, -0.25) is 5.32 Å². The average molecular weight is 587 g/mol. The van der Waals surface area contributed by atoms with E-state index in [9.17, 15) is 9.59 Å². The standard InChI is InChI=1S/C37H47FN2O3/c1-22(2)24-12-15-36(39-21-41)18-16-32(3)27(30(24)36)10-11-29-33(32,4)17-19-37-34(29,5)14-13-26(35(37,6)40-37)23-8-9-25(28(38)20-23)31(42)43-7/h8-9,13,20,24,27,29-30,40H,1,10-12,14-19H2,2-7H3/t24-,27+,29-,30+,32+,33+,34+,35?,36-,37-/m0/s1. The molecule has 0 radical (unpaired) electrons. The van der Waals surface area contributed by atoms with Crippen LogP contribution in [0.2, 0.25) is 0 Å². The summed E-state index contributed by atoms with van der Waals surface area (Å²) in [4.78, 5) is 28.4. The molecule has 1 spiro atoms. The summed E-state index contributed by atoms with van der Waals surface area (Å²) in [6, 6.07) is 4.94. The molecule has 1 aromatic rings. The number of esters is 1. The number of benzene rings is 1. The van der Waals surface area contributed by atoms with Crippen molar-refractivity contribution in [2.75, 3.05) is 7.11 Å². The number of hydrogen-bond donors (Lipinski definition) is 1. The third-order valence-corrected chi connectivity index (χ3v) is 15.0. The Kier molecular flexibility index (Phi) is 6.11. The lowest BCUT2D eigenvalue weighted by atomic mass is 9.33.